The fraction of sp³-hybridized carbons (Fsp3) is 0.440. The second kappa shape index (κ2) is 15.1. The van der Waals surface area contributed by atoms with Gasteiger partial charge in [0.2, 0.25) is 9.84 Å². The first-order chi connectivity index (χ1) is 27.0. The highest BCUT2D eigenvalue weighted by Crippen LogP contribution is 2.48. The molecule has 0 saturated carbocycles. The maximum Gasteiger partial charge on any atom is 0.393 e. The van der Waals surface area contributed by atoms with Crippen molar-refractivity contribution < 1.29 is 34.8 Å². The molecule has 2 nitrogen and oxygen atoms in total. The Morgan fingerprint density at radius 1 is 0.508 bits per heavy atom. The van der Waals surface area contributed by atoms with Crippen molar-refractivity contribution in [3.8, 4) is 0 Å². The average Bonchev–Trinajstić information content (AvgIpc) is 3.10. The lowest BCUT2D eigenvalue weighted by molar-refractivity contribution is -0.128. The van der Waals surface area contributed by atoms with Gasteiger partial charge in [0.15, 0.2) is 0 Å². The number of hydrogen-bond donors (Lipinski definition) is 0. The van der Waals surface area contributed by atoms with E-state index in [9.17, 15) is 34.8 Å². The van der Waals surface area contributed by atoms with Gasteiger partial charge in [-0.25, -0.2) is 8.42 Å². The zero-order valence-corrected chi connectivity index (χ0v) is 36.6. The molecule has 0 radical (unpaired) electrons. The minimum absolute atomic E-state index is 0.00195. The molecule has 2 aliphatic carbocycles. The third-order valence-corrected chi connectivity index (χ3v) is 14.9. The van der Waals surface area contributed by atoms with Gasteiger partial charge in [0.1, 0.15) is 0 Å². The normalized spacial score (nSPS) is 18.9. The summed E-state index contributed by atoms with van der Waals surface area (Å²) >= 11 is 0. The number of rotatable bonds is 8. The number of allylic oxidation sites excluding steroid dienone is 2. The molecular formula is C50H56F6O2S. The smallest absolute Gasteiger partial charge is 0.218 e. The highest BCUT2D eigenvalue weighted by molar-refractivity contribution is 7.91. The van der Waals surface area contributed by atoms with Crippen molar-refractivity contribution in [3.63, 3.8) is 0 Å². The molecule has 2 aliphatic rings. The summed E-state index contributed by atoms with van der Waals surface area (Å²) in [6.45, 7) is 21.4. The molecule has 0 saturated heterocycles. The molecule has 6 rings (SSSR count). The summed E-state index contributed by atoms with van der Waals surface area (Å²) in [6.07, 6.45) is -5.21. The minimum Gasteiger partial charge on any atom is -0.218 e. The van der Waals surface area contributed by atoms with Crippen LogP contribution in [0.25, 0.3) is 23.3 Å². The zero-order valence-electron chi connectivity index (χ0n) is 35.8. The predicted molar refractivity (Wildman–Crippen MR) is 228 cm³/mol. The molecule has 0 unspecified atom stereocenters. The second-order valence-electron chi connectivity index (χ2n) is 19.5. The first-order valence-corrected chi connectivity index (χ1v) is 21.8. The van der Waals surface area contributed by atoms with Crippen molar-refractivity contribution in [2.75, 3.05) is 0 Å². The molecule has 59 heavy (non-hydrogen) atoms. The van der Waals surface area contributed by atoms with Crippen molar-refractivity contribution in [3.05, 3.63) is 128 Å². The topological polar surface area (TPSA) is 34.1 Å². The molecule has 0 amide bonds. The SMILES string of the molecule is CC(=Cc1ccc(S(=O)(=O)c2ccc(C=C(C)c3ccc4c(c3)C(C)(C)CCC4(C)C)cc2CC(F)(F)F)c(CC(F)(F)F)c1)c1ccc2c(c1)C(C)(C)CCC2(C)C. The molecular weight excluding hydrogens is 779 g/mol. The summed E-state index contributed by atoms with van der Waals surface area (Å²) in [4.78, 5) is -1.35. The van der Waals surface area contributed by atoms with Crippen LogP contribution in [0.2, 0.25) is 0 Å². The summed E-state index contributed by atoms with van der Waals surface area (Å²) in [7, 11) is -4.85. The van der Waals surface area contributed by atoms with Crippen LogP contribution in [0.5, 0.6) is 0 Å². The Labute approximate surface area is 346 Å². The van der Waals surface area contributed by atoms with Gasteiger partial charge in [-0.1, -0.05) is 128 Å². The summed E-state index contributed by atoms with van der Waals surface area (Å²) in [6, 6.07) is 19.8. The van der Waals surface area contributed by atoms with E-state index in [1.165, 1.54) is 46.5 Å². The molecule has 0 fully saturated rings. The Bertz CT molecular complexity index is 2290. The van der Waals surface area contributed by atoms with Crippen molar-refractivity contribution in [1.29, 1.82) is 0 Å². The van der Waals surface area contributed by atoms with Gasteiger partial charge in [0.05, 0.1) is 22.6 Å². The molecule has 0 atom stereocenters. The van der Waals surface area contributed by atoms with Gasteiger partial charge in [0, 0.05) is 0 Å². The van der Waals surface area contributed by atoms with E-state index in [1.807, 2.05) is 26.0 Å². The average molecular weight is 835 g/mol. The fourth-order valence-corrected chi connectivity index (χ4v) is 10.7. The van der Waals surface area contributed by atoms with Crippen LogP contribution in [-0.2, 0) is 44.3 Å². The molecule has 316 valence electrons. The molecule has 0 heterocycles. The third-order valence-electron chi connectivity index (χ3n) is 12.9. The van der Waals surface area contributed by atoms with Gasteiger partial charge in [-0.3, -0.25) is 0 Å². The number of alkyl halides is 6. The maximum atomic E-state index is 14.3. The van der Waals surface area contributed by atoms with Crippen LogP contribution in [0.3, 0.4) is 0 Å². The van der Waals surface area contributed by atoms with Crippen molar-refractivity contribution in [2.24, 2.45) is 0 Å². The van der Waals surface area contributed by atoms with Crippen LogP contribution in [-0.4, -0.2) is 20.8 Å². The predicted octanol–water partition coefficient (Wildman–Crippen LogP) is 14.5. The Balaban J connectivity index is 1.39. The number of benzene rings is 4. The Morgan fingerprint density at radius 3 is 1.15 bits per heavy atom. The van der Waals surface area contributed by atoms with E-state index in [2.05, 4.69) is 79.7 Å². The van der Waals surface area contributed by atoms with E-state index in [0.29, 0.717) is 11.1 Å². The Kier molecular flexibility index (Phi) is 11.4. The molecule has 0 aliphatic heterocycles. The van der Waals surface area contributed by atoms with Crippen LogP contribution in [0, 0.1) is 0 Å². The third kappa shape index (κ3) is 9.45. The number of fused-ring (bicyclic) bond motifs is 2. The fourth-order valence-electron chi connectivity index (χ4n) is 9.06. The van der Waals surface area contributed by atoms with Crippen LogP contribution in [0.1, 0.15) is 151 Å². The summed E-state index contributed by atoms with van der Waals surface area (Å²) < 4.78 is 113. The van der Waals surface area contributed by atoms with Gasteiger partial charge in [-0.05, 0) is 140 Å². The van der Waals surface area contributed by atoms with Crippen molar-refractivity contribution in [2.45, 2.75) is 152 Å². The van der Waals surface area contributed by atoms with Crippen LogP contribution < -0.4 is 0 Å². The van der Waals surface area contributed by atoms with Crippen molar-refractivity contribution in [1.82, 2.24) is 0 Å². The summed E-state index contributed by atoms with van der Waals surface area (Å²) in [5, 5.41) is 0. The summed E-state index contributed by atoms with van der Waals surface area (Å²) in [5.74, 6) is 0. The lowest BCUT2D eigenvalue weighted by Crippen LogP contribution is -2.33. The molecule has 9 heteroatoms. The zero-order chi connectivity index (χ0) is 43.7. The highest BCUT2D eigenvalue weighted by atomic mass is 32.2. The minimum atomic E-state index is -4.85. The molecule has 0 N–H and O–H groups in total. The quantitative estimate of drug-likeness (QED) is 0.131. The molecule has 0 spiro atoms. The monoisotopic (exact) mass is 834 g/mol. The van der Waals surface area contributed by atoms with E-state index in [1.54, 1.807) is 12.2 Å². The Hall–Kier alpha value is -4.11. The van der Waals surface area contributed by atoms with Gasteiger partial charge in [-0.15, -0.1) is 0 Å². The lowest BCUT2D eigenvalue weighted by atomic mass is 9.63. The van der Waals surface area contributed by atoms with E-state index in [-0.39, 0.29) is 21.7 Å². The van der Waals surface area contributed by atoms with E-state index >= 15 is 0 Å². The molecule has 4 aromatic carbocycles. The molecule has 4 aromatic rings. The van der Waals surface area contributed by atoms with Crippen molar-refractivity contribution >= 4 is 33.1 Å². The first-order valence-electron chi connectivity index (χ1n) is 20.3. The summed E-state index contributed by atoms with van der Waals surface area (Å²) in [5.41, 5.74) is 7.79. The standard InChI is InChI=1S/C50H56F6O2S/c1-31(35-13-15-39-41(27-35)47(7,8)21-19-45(39,3)4)23-33-11-17-43(37(25-33)29-49(51,52)53)59(57,58)44-18-12-34(26-38(44)30-50(54,55)56)24-32(2)36-14-16-40-42(28-36)48(9,10)22-20-46(40,5)6/h11-18,23-28H,19-22,29-30H2,1-10H3. The molecule has 0 aromatic heterocycles. The van der Waals surface area contributed by atoms with Crippen LogP contribution in [0.15, 0.2) is 82.6 Å². The van der Waals surface area contributed by atoms with Gasteiger partial charge >= 0.3 is 12.4 Å². The van der Waals surface area contributed by atoms with E-state index in [0.717, 1.165) is 60.1 Å². The largest absolute Gasteiger partial charge is 0.393 e. The highest BCUT2D eigenvalue weighted by Gasteiger charge is 2.39. The number of halogens is 6. The van der Waals surface area contributed by atoms with E-state index in [4.69, 9.17) is 0 Å². The van der Waals surface area contributed by atoms with Crippen LogP contribution >= 0.6 is 0 Å². The number of sulfone groups is 1. The van der Waals surface area contributed by atoms with Gasteiger partial charge in [0.25, 0.3) is 0 Å². The Morgan fingerprint density at radius 2 is 0.831 bits per heavy atom. The van der Waals surface area contributed by atoms with Crippen LogP contribution in [0.4, 0.5) is 26.3 Å². The maximum absolute atomic E-state index is 14.3. The lowest BCUT2D eigenvalue weighted by Gasteiger charge is -2.42. The number of hydrogen-bond acceptors (Lipinski definition) is 2. The van der Waals surface area contributed by atoms with Gasteiger partial charge < -0.3 is 0 Å². The second-order valence-corrected chi connectivity index (χ2v) is 21.4. The molecule has 0 bridgehead atoms. The van der Waals surface area contributed by atoms with E-state index < -0.39 is 55.9 Å². The van der Waals surface area contributed by atoms with Gasteiger partial charge in [-0.2, -0.15) is 26.3 Å². The first kappa shape index (κ1) is 44.4.